The van der Waals surface area contributed by atoms with Crippen LogP contribution in [0.3, 0.4) is 0 Å². The topological polar surface area (TPSA) is 91.4 Å². The highest BCUT2D eigenvalue weighted by Gasteiger charge is 2.20. The highest BCUT2D eigenvalue weighted by Crippen LogP contribution is 2.32. The quantitative estimate of drug-likeness (QED) is 0.146. The van der Waals surface area contributed by atoms with E-state index in [-0.39, 0.29) is 23.3 Å². The molecule has 0 aliphatic heterocycles. The number of pyridine rings is 1. The second-order valence-corrected chi connectivity index (χ2v) is 12.5. The van der Waals surface area contributed by atoms with E-state index in [2.05, 4.69) is 22.5 Å². The van der Waals surface area contributed by atoms with Gasteiger partial charge in [-0.2, -0.15) is 0 Å². The number of carbonyl (C=O) groups excluding carboxylic acids is 3. The van der Waals surface area contributed by atoms with Crippen LogP contribution in [-0.4, -0.2) is 40.6 Å². The maximum absolute atomic E-state index is 14.9. The van der Waals surface area contributed by atoms with Crippen LogP contribution in [0.15, 0.2) is 54.4 Å². The third-order valence-corrected chi connectivity index (χ3v) is 9.21. The molecule has 2 heterocycles. The molecule has 2 amide bonds. The van der Waals surface area contributed by atoms with Gasteiger partial charge in [-0.25, -0.2) is 9.37 Å². The fourth-order valence-electron chi connectivity index (χ4n) is 5.44. The molecule has 2 aromatic heterocycles. The molecule has 7 nitrogen and oxygen atoms in total. The number of nitrogens with one attached hydrogen (secondary N) is 2. The first-order valence-electron chi connectivity index (χ1n) is 15.8. The number of Topliss-reactive ketones (excluding diaryl/α,β-unsaturated/α-hetero) is 1. The SMILES string of the molecule is CC=C(/C=C(/Nc1ccc(C(=O)N(CCC)CCCC)cn1)C(C)=O)c1cc(F)cc(NC(=O)c2cc3c(s2)CCCC3)c1C. The van der Waals surface area contributed by atoms with Gasteiger partial charge < -0.3 is 15.5 Å². The molecular formula is C36H43FN4O3S. The van der Waals surface area contributed by atoms with E-state index in [0.717, 1.165) is 44.9 Å². The maximum Gasteiger partial charge on any atom is 0.265 e. The van der Waals surface area contributed by atoms with Crippen molar-refractivity contribution in [3.8, 4) is 0 Å². The van der Waals surface area contributed by atoms with Crippen LogP contribution >= 0.6 is 11.3 Å². The van der Waals surface area contributed by atoms with Crippen LogP contribution in [-0.2, 0) is 17.6 Å². The Morgan fingerprint density at radius 3 is 2.47 bits per heavy atom. The Hall–Kier alpha value is -4.11. The van der Waals surface area contributed by atoms with Gasteiger partial charge in [0, 0.05) is 36.8 Å². The average molecular weight is 631 g/mol. The van der Waals surface area contributed by atoms with Gasteiger partial charge in [-0.05, 0) is 111 Å². The van der Waals surface area contributed by atoms with E-state index in [1.54, 1.807) is 24.3 Å². The normalized spacial score (nSPS) is 13.3. The number of halogens is 1. The molecule has 0 bridgehead atoms. The van der Waals surface area contributed by atoms with Gasteiger partial charge in [-0.1, -0.05) is 26.3 Å². The number of nitrogens with zero attached hydrogens (tertiary/aromatic N) is 2. The van der Waals surface area contributed by atoms with Crippen LogP contribution in [0.5, 0.6) is 0 Å². The molecule has 0 atom stereocenters. The number of hydrogen-bond acceptors (Lipinski definition) is 6. The minimum atomic E-state index is -0.501. The molecule has 0 unspecified atom stereocenters. The van der Waals surface area contributed by atoms with Gasteiger partial charge in [-0.15, -0.1) is 11.3 Å². The van der Waals surface area contributed by atoms with Gasteiger partial charge in [0.1, 0.15) is 11.6 Å². The van der Waals surface area contributed by atoms with E-state index < -0.39 is 5.82 Å². The first-order chi connectivity index (χ1) is 21.6. The van der Waals surface area contributed by atoms with Gasteiger partial charge in [0.25, 0.3) is 11.8 Å². The lowest BCUT2D eigenvalue weighted by Crippen LogP contribution is -2.32. The predicted octanol–water partition coefficient (Wildman–Crippen LogP) is 8.36. The lowest BCUT2D eigenvalue weighted by atomic mass is 9.97. The Bertz CT molecular complexity index is 1580. The third kappa shape index (κ3) is 8.54. The lowest BCUT2D eigenvalue weighted by Gasteiger charge is -2.22. The fraction of sp³-hybridized carbons (Fsp3) is 0.389. The number of unbranched alkanes of at least 4 members (excludes halogenated alkanes) is 1. The summed E-state index contributed by atoms with van der Waals surface area (Å²) in [5.74, 6) is -0.657. The number of thiophene rings is 1. The van der Waals surface area contributed by atoms with Crippen LogP contribution in [0.2, 0.25) is 0 Å². The van der Waals surface area contributed by atoms with Gasteiger partial charge in [0.2, 0.25) is 0 Å². The number of fused-ring (bicyclic) bond motifs is 1. The Morgan fingerprint density at radius 2 is 1.82 bits per heavy atom. The van der Waals surface area contributed by atoms with Crippen molar-refractivity contribution in [1.29, 1.82) is 0 Å². The van der Waals surface area contributed by atoms with Gasteiger partial charge in [-0.3, -0.25) is 14.4 Å². The molecule has 1 aliphatic rings. The zero-order valence-corrected chi connectivity index (χ0v) is 27.7. The molecule has 3 aromatic rings. The molecule has 238 valence electrons. The molecule has 1 aliphatic carbocycles. The fourth-order valence-corrected chi connectivity index (χ4v) is 6.59. The van der Waals surface area contributed by atoms with E-state index >= 15 is 0 Å². The number of anilines is 2. The third-order valence-electron chi connectivity index (χ3n) is 7.98. The minimum Gasteiger partial charge on any atom is -0.339 e. The molecule has 0 spiro atoms. The standard InChI is InChI=1S/C36H43FN4O3S/c1-6-9-17-41(16-7-2)36(44)27-14-15-34(38-22-27)39-31(24(5)42)18-25(8-3)29-20-28(37)21-30(23(29)4)40-35(43)33-19-26-12-10-11-13-32(26)45-33/h8,14-15,18-22H,6-7,9-13,16-17H2,1-5H3,(H,38,39)(H,40,43)/b25-8?,31-18+. The van der Waals surface area contributed by atoms with Crippen LogP contribution in [0.1, 0.15) is 101 Å². The summed E-state index contributed by atoms with van der Waals surface area (Å²) in [6.45, 7) is 10.6. The molecule has 1 aromatic carbocycles. The first-order valence-corrected chi connectivity index (χ1v) is 16.6. The van der Waals surface area contributed by atoms with Gasteiger partial charge >= 0.3 is 0 Å². The number of allylic oxidation sites excluding steroid dienone is 4. The molecule has 0 saturated heterocycles. The number of hydrogen-bond donors (Lipinski definition) is 2. The number of amides is 2. The van der Waals surface area contributed by atoms with Gasteiger partial charge in [0.15, 0.2) is 5.78 Å². The lowest BCUT2D eigenvalue weighted by molar-refractivity contribution is -0.113. The summed E-state index contributed by atoms with van der Waals surface area (Å²) < 4.78 is 14.9. The van der Waals surface area contributed by atoms with Crippen molar-refractivity contribution < 1.29 is 18.8 Å². The van der Waals surface area contributed by atoms with Crippen molar-refractivity contribution in [3.63, 3.8) is 0 Å². The zero-order valence-electron chi connectivity index (χ0n) is 26.9. The van der Waals surface area contributed by atoms with E-state index in [0.29, 0.717) is 51.7 Å². The zero-order chi connectivity index (χ0) is 32.5. The van der Waals surface area contributed by atoms with Crippen molar-refractivity contribution in [2.24, 2.45) is 0 Å². The number of aryl methyl sites for hydroxylation is 2. The summed E-state index contributed by atoms with van der Waals surface area (Å²) in [5, 5.41) is 5.98. The number of benzene rings is 1. The molecule has 9 heteroatoms. The van der Waals surface area contributed by atoms with Crippen molar-refractivity contribution >= 4 is 46.0 Å². The second-order valence-electron chi connectivity index (χ2n) is 11.4. The smallest absolute Gasteiger partial charge is 0.265 e. The summed E-state index contributed by atoms with van der Waals surface area (Å²) in [4.78, 5) is 47.0. The summed E-state index contributed by atoms with van der Waals surface area (Å²) in [7, 11) is 0. The Labute approximate surface area is 269 Å². The summed E-state index contributed by atoms with van der Waals surface area (Å²) in [5.41, 5.74) is 4.19. The minimum absolute atomic E-state index is 0.0639. The number of aromatic nitrogens is 1. The number of rotatable bonds is 13. The van der Waals surface area contributed by atoms with E-state index in [1.807, 2.05) is 31.7 Å². The Balaban J connectivity index is 1.55. The predicted molar refractivity (Wildman–Crippen MR) is 181 cm³/mol. The monoisotopic (exact) mass is 630 g/mol. The van der Waals surface area contributed by atoms with Crippen molar-refractivity contribution in [2.45, 2.75) is 79.6 Å². The Kier molecular flexibility index (Phi) is 11.8. The molecule has 4 rings (SSSR count). The van der Waals surface area contributed by atoms with Crippen LogP contribution in [0, 0.1) is 12.7 Å². The second kappa shape index (κ2) is 15.8. The largest absolute Gasteiger partial charge is 0.339 e. The Morgan fingerprint density at radius 1 is 1.04 bits per heavy atom. The molecular weight excluding hydrogens is 587 g/mol. The summed E-state index contributed by atoms with van der Waals surface area (Å²) in [6.07, 6.45) is 12.0. The van der Waals surface area contributed by atoms with Crippen LogP contribution < -0.4 is 10.6 Å². The molecule has 2 N–H and O–H groups in total. The number of ketones is 1. The summed E-state index contributed by atoms with van der Waals surface area (Å²) >= 11 is 1.51. The summed E-state index contributed by atoms with van der Waals surface area (Å²) in [6, 6.07) is 8.06. The highest BCUT2D eigenvalue weighted by molar-refractivity contribution is 7.14. The molecule has 0 fully saturated rings. The maximum atomic E-state index is 14.9. The van der Waals surface area contributed by atoms with Crippen molar-refractivity contribution in [2.75, 3.05) is 23.7 Å². The highest BCUT2D eigenvalue weighted by atomic mass is 32.1. The average Bonchev–Trinajstić information content (AvgIpc) is 3.47. The van der Waals surface area contributed by atoms with E-state index in [1.165, 1.54) is 47.0 Å². The van der Waals surface area contributed by atoms with Crippen LogP contribution in [0.25, 0.3) is 5.57 Å². The van der Waals surface area contributed by atoms with E-state index in [9.17, 15) is 18.8 Å². The van der Waals surface area contributed by atoms with Crippen molar-refractivity contribution in [1.82, 2.24) is 9.88 Å². The number of carbonyl (C=O) groups is 3. The van der Waals surface area contributed by atoms with E-state index in [4.69, 9.17) is 0 Å². The van der Waals surface area contributed by atoms with Gasteiger partial charge in [0.05, 0.1) is 16.1 Å². The van der Waals surface area contributed by atoms with Crippen LogP contribution in [0.4, 0.5) is 15.9 Å². The molecule has 0 saturated carbocycles. The molecule has 45 heavy (non-hydrogen) atoms. The van der Waals surface area contributed by atoms with Crippen molar-refractivity contribution in [3.05, 3.63) is 92.2 Å². The first kappa shape index (κ1) is 33.8. The molecule has 0 radical (unpaired) electrons.